The van der Waals surface area contributed by atoms with Crippen LogP contribution in [0, 0.1) is 6.92 Å². The fraction of sp³-hybridized carbons (Fsp3) is 0.333. The molecule has 0 aliphatic rings. The van der Waals surface area contributed by atoms with Crippen molar-refractivity contribution in [2.45, 2.75) is 64.1 Å². The van der Waals surface area contributed by atoms with Gasteiger partial charge in [-0.05, 0) is 75.6 Å². The van der Waals surface area contributed by atoms with Crippen LogP contribution in [0.1, 0.15) is 45.2 Å². The smallest absolute Gasteiger partial charge is 0.264 e. The summed E-state index contributed by atoms with van der Waals surface area (Å²) < 4.78 is 28.9. The molecule has 1 N–H and O–H groups in total. The Morgan fingerprint density at radius 2 is 1.57 bits per heavy atom. The number of halogens is 2. The van der Waals surface area contributed by atoms with E-state index in [0.717, 1.165) is 4.31 Å². The van der Waals surface area contributed by atoms with Gasteiger partial charge in [-0.15, -0.1) is 0 Å². The summed E-state index contributed by atoms with van der Waals surface area (Å²) in [5, 5.41) is 3.72. The lowest BCUT2D eigenvalue weighted by atomic mass is 10.1. The van der Waals surface area contributed by atoms with E-state index < -0.39 is 34.1 Å². The van der Waals surface area contributed by atoms with Crippen LogP contribution in [0.2, 0.25) is 10.0 Å². The van der Waals surface area contributed by atoms with Gasteiger partial charge in [0.05, 0.1) is 10.6 Å². The van der Waals surface area contributed by atoms with Gasteiger partial charge in [0.15, 0.2) is 0 Å². The second-order valence-electron chi connectivity index (χ2n) is 10.5. The number of rotatable bonds is 10. The maximum Gasteiger partial charge on any atom is 0.264 e. The lowest BCUT2D eigenvalue weighted by molar-refractivity contribution is -0.141. The first kappa shape index (κ1) is 31.5. The van der Waals surface area contributed by atoms with E-state index in [0.29, 0.717) is 33.3 Å². The van der Waals surface area contributed by atoms with E-state index in [1.54, 1.807) is 74.5 Å². The molecule has 3 aromatic carbocycles. The second-order valence-corrected chi connectivity index (χ2v) is 13.2. The van der Waals surface area contributed by atoms with Crippen molar-refractivity contribution < 1.29 is 18.0 Å². The van der Waals surface area contributed by atoms with Crippen molar-refractivity contribution in [1.29, 1.82) is 0 Å². The number of hydrogen-bond donors (Lipinski definition) is 1. The number of anilines is 1. The molecule has 0 saturated heterocycles. The predicted octanol–water partition coefficient (Wildman–Crippen LogP) is 6.22. The third kappa shape index (κ3) is 7.77. The molecule has 3 rings (SSSR count). The Bertz CT molecular complexity index is 1460. The Hall–Kier alpha value is -3.07. The number of sulfonamides is 1. The molecule has 0 fully saturated rings. The van der Waals surface area contributed by atoms with Gasteiger partial charge in [-0.3, -0.25) is 13.9 Å². The third-order valence-electron chi connectivity index (χ3n) is 6.23. The fourth-order valence-electron chi connectivity index (χ4n) is 4.28. The molecule has 0 aliphatic carbocycles. The number of aryl methyl sites for hydroxylation is 1. The minimum Gasteiger partial charge on any atom is -0.350 e. The summed E-state index contributed by atoms with van der Waals surface area (Å²) in [6.45, 7) is 8.61. The zero-order chi connectivity index (χ0) is 29.7. The predicted molar refractivity (Wildman–Crippen MR) is 161 cm³/mol. The number of carbonyl (C=O) groups is 2. The Balaban J connectivity index is 2.10. The summed E-state index contributed by atoms with van der Waals surface area (Å²) in [4.78, 5) is 29.0. The molecule has 0 heterocycles. The molecule has 0 spiro atoms. The van der Waals surface area contributed by atoms with E-state index in [1.165, 1.54) is 17.0 Å². The molecule has 3 aromatic rings. The van der Waals surface area contributed by atoms with Gasteiger partial charge in [0.25, 0.3) is 10.0 Å². The molecule has 10 heteroatoms. The number of benzene rings is 3. The van der Waals surface area contributed by atoms with Crippen LogP contribution in [-0.4, -0.2) is 43.3 Å². The molecule has 7 nitrogen and oxygen atoms in total. The van der Waals surface area contributed by atoms with Crippen molar-refractivity contribution in [3.63, 3.8) is 0 Å². The van der Waals surface area contributed by atoms with Crippen molar-refractivity contribution in [2.75, 3.05) is 10.8 Å². The van der Waals surface area contributed by atoms with Gasteiger partial charge in [-0.25, -0.2) is 8.42 Å². The maximum absolute atomic E-state index is 14.1. The number of nitrogens with zero attached hydrogens (tertiary/aromatic N) is 2. The monoisotopic (exact) mass is 603 g/mol. The largest absolute Gasteiger partial charge is 0.350 e. The highest BCUT2D eigenvalue weighted by molar-refractivity contribution is 7.92. The van der Waals surface area contributed by atoms with Crippen LogP contribution in [0.25, 0.3) is 0 Å². The summed E-state index contributed by atoms with van der Waals surface area (Å²) >= 11 is 12.5. The molecular formula is C30H35Cl2N3O4S. The maximum atomic E-state index is 14.1. The minimum atomic E-state index is -4.13. The van der Waals surface area contributed by atoms with Crippen LogP contribution in [0.5, 0.6) is 0 Å². The van der Waals surface area contributed by atoms with Gasteiger partial charge < -0.3 is 10.2 Å². The number of carbonyl (C=O) groups excluding carboxylic acids is 2. The van der Waals surface area contributed by atoms with Crippen molar-refractivity contribution in [3.8, 4) is 0 Å². The van der Waals surface area contributed by atoms with Crippen molar-refractivity contribution in [2.24, 2.45) is 0 Å². The van der Waals surface area contributed by atoms with E-state index in [4.69, 9.17) is 23.2 Å². The van der Waals surface area contributed by atoms with Crippen molar-refractivity contribution >= 4 is 50.7 Å². The highest BCUT2D eigenvalue weighted by Gasteiger charge is 2.35. The molecule has 214 valence electrons. The Kier molecular flexibility index (Phi) is 10.3. The Morgan fingerprint density at radius 1 is 0.950 bits per heavy atom. The first-order valence-corrected chi connectivity index (χ1v) is 15.1. The van der Waals surface area contributed by atoms with Gasteiger partial charge in [0, 0.05) is 22.1 Å². The summed E-state index contributed by atoms with van der Waals surface area (Å²) in [5.41, 5.74) is 1.09. The molecular weight excluding hydrogens is 569 g/mol. The molecule has 2 amide bonds. The first-order chi connectivity index (χ1) is 18.7. The second kappa shape index (κ2) is 13.1. The first-order valence-electron chi connectivity index (χ1n) is 12.9. The fourth-order valence-corrected chi connectivity index (χ4v) is 6.25. The average molecular weight is 605 g/mol. The van der Waals surface area contributed by atoms with Crippen LogP contribution in [0.3, 0.4) is 0 Å². The standard InChI is InChI=1S/C30H35Cl2N3O4S/c1-6-26(29(37)33-30(3,4)5)34(19-22-16-17-23(31)18-25(22)32)28(36)20-35(27-15-11-10-12-21(27)2)40(38,39)24-13-8-7-9-14-24/h7-18,26H,6,19-20H2,1-5H3,(H,33,37). The van der Waals surface area contributed by atoms with Gasteiger partial charge in [-0.1, -0.05) is 72.6 Å². The summed E-state index contributed by atoms with van der Waals surface area (Å²) in [5.74, 6) is -0.897. The van der Waals surface area contributed by atoms with Crippen LogP contribution in [0.4, 0.5) is 5.69 Å². The average Bonchev–Trinajstić information content (AvgIpc) is 2.88. The lowest BCUT2D eigenvalue weighted by Gasteiger charge is -2.35. The van der Waals surface area contributed by atoms with Crippen molar-refractivity contribution in [1.82, 2.24) is 10.2 Å². The van der Waals surface area contributed by atoms with Crippen LogP contribution in [-0.2, 0) is 26.2 Å². The van der Waals surface area contributed by atoms with E-state index in [-0.39, 0.29) is 17.3 Å². The van der Waals surface area contributed by atoms with Crippen molar-refractivity contribution in [3.05, 3.63) is 94.0 Å². The highest BCUT2D eigenvalue weighted by Crippen LogP contribution is 2.28. The van der Waals surface area contributed by atoms with E-state index in [9.17, 15) is 18.0 Å². The van der Waals surface area contributed by atoms with Gasteiger partial charge in [0.1, 0.15) is 12.6 Å². The number of nitrogens with one attached hydrogen (secondary N) is 1. The number of para-hydroxylation sites is 1. The molecule has 0 radical (unpaired) electrons. The van der Waals surface area contributed by atoms with Gasteiger partial charge in [-0.2, -0.15) is 0 Å². The zero-order valence-corrected chi connectivity index (χ0v) is 25.6. The molecule has 40 heavy (non-hydrogen) atoms. The summed E-state index contributed by atoms with van der Waals surface area (Å²) in [6, 6.07) is 19.0. The quantitative estimate of drug-likeness (QED) is 0.298. The minimum absolute atomic E-state index is 0.0160. The normalized spacial score (nSPS) is 12.5. The van der Waals surface area contributed by atoms with Gasteiger partial charge >= 0.3 is 0 Å². The topological polar surface area (TPSA) is 86.8 Å². The summed E-state index contributed by atoms with van der Waals surface area (Å²) in [6.07, 6.45) is 0.300. The van der Waals surface area contributed by atoms with E-state index in [2.05, 4.69) is 5.32 Å². The van der Waals surface area contributed by atoms with Crippen LogP contribution < -0.4 is 9.62 Å². The van der Waals surface area contributed by atoms with Crippen LogP contribution in [0.15, 0.2) is 77.7 Å². The number of amides is 2. The molecule has 0 aromatic heterocycles. The molecule has 0 aliphatic heterocycles. The Labute approximate surface area is 247 Å². The molecule has 0 saturated carbocycles. The molecule has 1 atom stereocenters. The SMILES string of the molecule is CCC(C(=O)NC(C)(C)C)N(Cc1ccc(Cl)cc1Cl)C(=O)CN(c1ccccc1C)S(=O)(=O)c1ccccc1. The molecule has 1 unspecified atom stereocenters. The highest BCUT2D eigenvalue weighted by atomic mass is 35.5. The third-order valence-corrected chi connectivity index (χ3v) is 8.60. The van der Waals surface area contributed by atoms with Crippen LogP contribution >= 0.6 is 23.2 Å². The van der Waals surface area contributed by atoms with Gasteiger partial charge in [0.2, 0.25) is 11.8 Å². The Morgan fingerprint density at radius 3 is 2.15 bits per heavy atom. The van der Waals surface area contributed by atoms with E-state index in [1.807, 2.05) is 20.8 Å². The zero-order valence-electron chi connectivity index (χ0n) is 23.3. The molecule has 0 bridgehead atoms. The number of hydrogen-bond acceptors (Lipinski definition) is 4. The summed E-state index contributed by atoms with van der Waals surface area (Å²) in [7, 11) is -4.13. The lowest BCUT2D eigenvalue weighted by Crippen LogP contribution is -2.55. The van der Waals surface area contributed by atoms with E-state index >= 15 is 0 Å².